The van der Waals surface area contributed by atoms with E-state index in [1.54, 1.807) is 0 Å². The molecular formula is C16H17NO. The maximum absolute atomic E-state index is 5.48. The minimum Gasteiger partial charge on any atom is -0.380 e. The highest BCUT2D eigenvalue weighted by atomic mass is 16.5. The van der Waals surface area contributed by atoms with Crippen molar-refractivity contribution in [2.24, 2.45) is 0 Å². The first-order valence-electron chi connectivity index (χ1n) is 6.45. The van der Waals surface area contributed by atoms with Gasteiger partial charge in [-0.3, -0.25) is 0 Å². The number of ether oxygens (including phenoxy) is 1. The van der Waals surface area contributed by atoms with Crippen LogP contribution in [0.5, 0.6) is 0 Å². The van der Waals surface area contributed by atoms with Crippen LogP contribution in [-0.2, 0) is 11.3 Å². The largest absolute Gasteiger partial charge is 0.380 e. The molecule has 0 saturated carbocycles. The van der Waals surface area contributed by atoms with Crippen molar-refractivity contribution in [1.82, 2.24) is 4.57 Å². The smallest absolute Gasteiger partial charge is 0.0645 e. The fraction of sp³-hybridized carbons (Fsp3) is 0.250. The van der Waals surface area contributed by atoms with Gasteiger partial charge >= 0.3 is 0 Å². The van der Waals surface area contributed by atoms with Crippen molar-refractivity contribution < 1.29 is 4.74 Å². The van der Waals surface area contributed by atoms with E-state index in [2.05, 4.69) is 53.1 Å². The molecule has 0 N–H and O–H groups in total. The van der Waals surface area contributed by atoms with Crippen molar-refractivity contribution in [2.45, 2.75) is 13.5 Å². The average molecular weight is 239 g/mol. The van der Waals surface area contributed by atoms with Crippen molar-refractivity contribution in [1.29, 1.82) is 0 Å². The second-order valence-corrected chi connectivity index (χ2v) is 4.38. The molecule has 0 saturated heterocycles. The molecular weight excluding hydrogens is 222 g/mol. The van der Waals surface area contributed by atoms with Gasteiger partial charge in [-0.1, -0.05) is 36.4 Å². The Morgan fingerprint density at radius 1 is 0.889 bits per heavy atom. The molecule has 0 radical (unpaired) electrons. The van der Waals surface area contributed by atoms with Gasteiger partial charge in [0.15, 0.2) is 0 Å². The predicted octanol–water partition coefficient (Wildman–Crippen LogP) is 3.83. The van der Waals surface area contributed by atoms with Crippen molar-refractivity contribution in [3.05, 3.63) is 48.5 Å². The van der Waals surface area contributed by atoms with Gasteiger partial charge < -0.3 is 9.30 Å². The molecule has 0 unspecified atom stereocenters. The van der Waals surface area contributed by atoms with Gasteiger partial charge in [-0.2, -0.15) is 0 Å². The molecule has 0 amide bonds. The topological polar surface area (TPSA) is 14.2 Å². The second-order valence-electron chi connectivity index (χ2n) is 4.38. The van der Waals surface area contributed by atoms with Gasteiger partial charge in [0, 0.05) is 35.0 Å². The van der Waals surface area contributed by atoms with Crippen LogP contribution < -0.4 is 0 Å². The summed E-state index contributed by atoms with van der Waals surface area (Å²) < 4.78 is 7.83. The van der Waals surface area contributed by atoms with Gasteiger partial charge in [0.1, 0.15) is 0 Å². The van der Waals surface area contributed by atoms with Gasteiger partial charge in [0.25, 0.3) is 0 Å². The van der Waals surface area contributed by atoms with E-state index < -0.39 is 0 Å². The standard InChI is InChI=1S/C16H17NO/c1-2-18-12-11-17-15-9-5-3-7-13(15)14-8-4-6-10-16(14)17/h3-10H,2,11-12H2,1H3. The van der Waals surface area contributed by atoms with Gasteiger partial charge in [-0.15, -0.1) is 0 Å². The molecule has 0 aliphatic heterocycles. The van der Waals surface area contributed by atoms with Crippen molar-refractivity contribution >= 4 is 21.8 Å². The molecule has 1 heterocycles. The zero-order valence-corrected chi connectivity index (χ0v) is 10.6. The van der Waals surface area contributed by atoms with Crippen LogP contribution in [-0.4, -0.2) is 17.8 Å². The Balaban J connectivity index is 2.18. The number of hydrogen-bond acceptors (Lipinski definition) is 1. The summed E-state index contributed by atoms with van der Waals surface area (Å²) in [6, 6.07) is 17.1. The summed E-state index contributed by atoms with van der Waals surface area (Å²) in [7, 11) is 0. The number of rotatable bonds is 4. The summed E-state index contributed by atoms with van der Waals surface area (Å²) in [5.41, 5.74) is 2.58. The summed E-state index contributed by atoms with van der Waals surface area (Å²) in [5, 5.41) is 2.65. The molecule has 3 aromatic rings. The van der Waals surface area contributed by atoms with Crippen molar-refractivity contribution in [3.8, 4) is 0 Å². The maximum atomic E-state index is 5.48. The molecule has 0 fully saturated rings. The second kappa shape index (κ2) is 4.83. The van der Waals surface area contributed by atoms with E-state index in [0.29, 0.717) is 0 Å². The lowest BCUT2D eigenvalue weighted by Gasteiger charge is -2.07. The third-order valence-electron chi connectivity index (χ3n) is 3.34. The van der Waals surface area contributed by atoms with E-state index in [4.69, 9.17) is 4.74 Å². The molecule has 92 valence electrons. The van der Waals surface area contributed by atoms with Gasteiger partial charge in [0.05, 0.1) is 6.61 Å². The Kier molecular flexibility index (Phi) is 3.03. The summed E-state index contributed by atoms with van der Waals surface area (Å²) in [5.74, 6) is 0. The Morgan fingerprint density at radius 2 is 1.44 bits per heavy atom. The molecule has 1 aromatic heterocycles. The molecule has 18 heavy (non-hydrogen) atoms. The zero-order valence-electron chi connectivity index (χ0n) is 10.6. The number of hydrogen-bond donors (Lipinski definition) is 0. The molecule has 0 aliphatic rings. The highest BCUT2D eigenvalue weighted by Crippen LogP contribution is 2.28. The average Bonchev–Trinajstić information content (AvgIpc) is 2.74. The van der Waals surface area contributed by atoms with E-state index in [9.17, 15) is 0 Å². The first-order chi connectivity index (χ1) is 8.92. The first-order valence-corrected chi connectivity index (χ1v) is 6.45. The highest BCUT2D eigenvalue weighted by Gasteiger charge is 2.08. The van der Waals surface area contributed by atoms with Gasteiger partial charge in [-0.05, 0) is 19.1 Å². The lowest BCUT2D eigenvalue weighted by atomic mass is 10.2. The number of nitrogens with zero attached hydrogens (tertiary/aromatic N) is 1. The lowest BCUT2D eigenvalue weighted by molar-refractivity contribution is 0.140. The molecule has 3 rings (SSSR count). The third kappa shape index (κ3) is 1.79. The number of aromatic nitrogens is 1. The fourth-order valence-corrected chi connectivity index (χ4v) is 2.54. The number of para-hydroxylation sites is 2. The summed E-state index contributed by atoms with van der Waals surface area (Å²) in [6.45, 7) is 4.48. The summed E-state index contributed by atoms with van der Waals surface area (Å²) in [6.07, 6.45) is 0. The van der Waals surface area contributed by atoms with Crippen LogP contribution in [0, 0.1) is 0 Å². The molecule has 0 atom stereocenters. The Bertz CT molecular complexity index is 616. The third-order valence-corrected chi connectivity index (χ3v) is 3.34. The van der Waals surface area contributed by atoms with E-state index in [1.165, 1.54) is 21.8 Å². The minimum atomic E-state index is 0.763. The molecule has 2 heteroatoms. The predicted molar refractivity (Wildman–Crippen MR) is 75.9 cm³/mol. The SMILES string of the molecule is CCOCCn1c2ccccc2c2ccccc21. The van der Waals surface area contributed by atoms with Gasteiger partial charge in [-0.25, -0.2) is 0 Å². The maximum Gasteiger partial charge on any atom is 0.0645 e. The Hall–Kier alpha value is -1.80. The minimum absolute atomic E-state index is 0.763. The Morgan fingerprint density at radius 3 is 2.00 bits per heavy atom. The van der Waals surface area contributed by atoms with Crippen LogP contribution in [0.1, 0.15) is 6.92 Å². The van der Waals surface area contributed by atoms with E-state index in [1.807, 2.05) is 6.92 Å². The van der Waals surface area contributed by atoms with E-state index in [-0.39, 0.29) is 0 Å². The molecule has 2 nitrogen and oxygen atoms in total. The summed E-state index contributed by atoms with van der Waals surface area (Å²) in [4.78, 5) is 0. The molecule has 0 spiro atoms. The van der Waals surface area contributed by atoms with Crippen LogP contribution in [0.25, 0.3) is 21.8 Å². The fourth-order valence-electron chi connectivity index (χ4n) is 2.54. The van der Waals surface area contributed by atoms with E-state index >= 15 is 0 Å². The monoisotopic (exact) mass is 239 g/mol. The quantitative estimate of drug-likeness (QED) is 0.631. The number of fused-ring (bicyclic) bond motifs is 3. The Labute approximate surface area is 107 Å². The zero-order chi connectivity index (χ0) is 12.4. The normalized spacial score (nSPS) is 11.4. The van der Waals surface area contributed by atoms with Crippen LogP contribution in [0.2, 0.25) is 0 Å². The highest BCUT2D eigenvalue weighted by molar-refractivity contribution is 6.07. The molecule has 0 bridgehead atoms. The van der Waals surface area contributed by atoms with Crippen molar-refractivity contribution in [2.75, 3.05) is 13.2 Å². The van der Waals surface area contributed by atoms with Crippen LogP contribution >= 0.6 is 0 Å². The van der Waals surface area contributed by atoms with E-state index in [0.717, 1.165) is 19.8 Å². The number of benzene rings is 2. The lowest BCUT2D eigenvalue weighted by Crippen LogP contribution is -2.05. The van der Waals surface area contributed by atoms with Crippen LogP contribution in [0.4, 0.5) is 0 Å². The summed E-state index contributed by atoms with van der Waals surface area (Å²) >= 11 is 0. The van der Waals surface area contributed by atoms with Crippen LogP contribution in [0.3, 0.4) is 0 Å². The first kappa shape index (κ1) is 11.3. The van der Waals surface area contributed by atoms with Gasteiger partial charge in [0.2, 0.25) is 0 Å². The molecule has 2 aromatic carbocycles. The molecule has 0 aliphatic carbocycles. The van der Waals surface area contributed by atoms with Crippen molar-refractivity contribution in [3.63, 3.8) is 0 Å². The van der Waals surface area contributed by atoms with Crippen LogP contribution in [0.15, 0.2) is 48.5 Å².